The molecule has 0 unspecified atom stereocenters. The summed E-state index contributed by atoms with van der Waals surface area (Å²) in [5, 5.41) is 0.671. The standard InChI is InChI=1S/C21H18N2O3S/c24-27(25,16-18-9-5-2-6-10-18)23-14-12-19-20(11-13-22-21(19)23)26-15-17-7-3-1-4-8-17/h1-14H,15-16H2. The molecular formula is C21H18N2O3S. The van der Waals surface area contributed by atoms with Crippen molar-refractivity contribution in [2.45, 2.75) is 12.4 Å². The predicted molar refractivity (Wildman–Crippen MR) is 105 cm³/mol. The second kappa shape index (κ2) is 7.25. The van der Waals surface area contributed by atoms with E-state index in [1.54, 1.807) is 30.5 Å². The normalized spacial score (nSPS) is 11.6. The summed E-state index contributed by atoms with van der Waals surface area (Å²) >= 11 is 0. The number of pyridine rings is 1. The highest BCUT2D eigenvalue weighted by molar-refractivity contribution is 7.89. The van der Waals surface area contributed by atoms with Crippen LogP contribution in [-0.4, -0.2) is 17.4 Å². The van der Waals surface area contributed by atoms with Crippen LogP contribution in [0, 0.1) is 0 Å². The van der Waals surface area contributed by atoms with Crippen molar-refractivity contribution in [1.29, 1.82) is 0 Å². The lowest BCUT2D eigenvalue weighted by molar-refractivity contribution is 0.310. The third-order valence-electron chi connectivity index (χ3n) is 4.24. The molecule has 0 bridgehead atoms. The highest BCUT2D eigenvalue weighted by Gasteiger charge is 2.19. The van der Waals surface area contributed by atoms with Gasteiger partial charge in [-0.2, -0.15) is 0 Å². The number of nitrogens with zero attached hydrogens (tertiary/aromatic N) is 2. The van der Waals surface area contributed by atoms with Crippen molar-refractivity contribution < 1.29 is 13.2 Å². The predicted octanol–water partition coefficient (Wildman–Crippen LogP) is 3.99. The van der Waals surface area contributed by atoms with Crippen LogP contribution in [0.25, 0.3) is 11.0 Å². The minimum atomic E-state index is -3.58. The Bertz CT molecular complexity index is 1150. The summed E-state index contributed by atoms with van der Waals surface area (Å²) in [6.07, 6.45) is 3.10. The van der Waals surface area contributed by atoms with Crippen molar-refractivity contribution in [2.24, 2.45) is 0 Å². The summed E-state index contributed by atoms with van der Waals surface area (Å²) in [6.45, 7) is 0.405. The molecule has 0 fully saturated rings. The molecule has 136 valence electrons. The lowest BCUT2D eigenvalue weighted by Gasteiger charge is -2.09. The molecule has 0 spiro atoms. The summed E-state index contributed by atoms with van der Waals surface area (Å²) in [7, 11) is -3.58. The number of aromatic nitrogens is 2. The molecule has 5 nitrogen and oxygen atoms in total. The van der Waals surface area contributed by atoms with E-state index in [-0.39, 0.29) is 5.75 Å². The summed E-state index contributed by atoms with van der Waals surface area (Å²) in [5.74, 6) is 0.520. The Kier molecular flexibility index (Phi) is 4.64. The molecule has 0 amide bonds. The Morgan fingerprint density at radius 3 is 2.22 bits per heavy atom. The Labute approximate surface area is 157 Å². The number of benzene rings is 2. The molecule has 0 N–H and O–H groups in total. The fraction of sp³-hybridized carbons (Fsp3) is 0.0952. The molecular weight excluding hydrogens is 360 g/mol. The average molecular weight is 378 g/mol. The van der Waals surface area contributed by atoms with Crippen LogP contribution in [0.4, 0.5) is 0 Å². The molecule has 4 rings (SSSR count). The molecule has 0 saturated heterocycles. The van der Waals surface area contributed by atoms with Crippen LogP contribution in [0.2, 0.25) is 0 Å². The van der Waals surface area contributed by atoms with Gasteiger partial charge in [0.25, 0.3) is 0 Å². The van der Waals surface area contributed by atoms with Crippen molar-refractivity contribution in [3.63, 3.8) is 0 Å². The van der Waals surface area contributed by atoms with Gasteiger partial charge in [0.1, 0.15) is 12.4 Å². The molecule has 0 atom stereocenters. The van der Waals surface area contributed by atoms with Crippen LogP contribution >= 0.6 is 0 Å². The quantitative estimate of drug-likeness (QED) is 0.509. The van der Waals surface area contributed by atoms with Crippen molar-refractivity contribution in [3.8, 4) is 5.75 Å². The molecule has 2 aromatic heterocycles. The van der Waals surface area contributed by atoms with Gasteiger partial charge in [0, 0.05) is 12.4 Å². The van der Waals surface area contributed by atoms with E-state index < -0.39 is 10.0 Å². The minimum Gasteiger partial charge on any atom is -0.488 e. The smallest absolute Gasteiger partial charge is 0.244 e. The van der Waals surface area contributed by atoms with Crippen molar-refractivity contribution in [2.75, 3.05) is 0 Å². The Balaban J connectivity index is 1.64. The van der Waals surface area contributed by atoms with Crippen LogP contribution in [0.3, 0.4) is 0 Å². The van der Waals surface area contributed by atoms with Crippen LogP contribution in [0.15, 0.2) is 85.2 Å². The molecule has 6 heteroatoms. The van der Waals surface area contributed by atoms with E-state index in [1.165, 1.54) is 10.2 Å². The molecule has 0 radical (unpaired) electrons. The van der Waals surface area contributed by atoms with E-state index in [4.69, 9.17) is 4.74 Å². The Morgan fingerprint density at radius 2 is 1.52 bits per heavy atom. The molecule has 0 aliphatic rings. The molecule has 2 heterocycles. The Hall–Kier alpha value is -3.12. The van der Waals surface area contributed by atoms with Gasteiger partial charge in [0.2, 0.25) is 10.0 Å². The van der Waals surface area contributed by atoms with Gasteiger partial charge in [-0.05, 0) is 23.3 Å². The van der Waals surface area contributed by atoms with E-state index >= 15 is 0 Å². The van der Waals surface area contributed by atoms with E-state index in [0.29, 0.717) is 23.4 Å². The van der Waals surface area contributed by atoms with Crippen molar-refractivity contribution in [1.82, 2.24) is 8.96 Å². The number of fused-ring (bicyclic) bond motifs is 1. The number of ether oxygens (including phenoxy) is 1. The third-order valence-corrected chi connectivity index (χ3v) is 5.84. The van der Waals surface area contributed by atoms with Gasteiger partial charge in [0.05, 0.1) is 11.1 Å². The van der Waals surface area contributed by atoms with Crippen molar-refractivity contribution >= 4 is 21.1 Å². The van der Waals surface area contributed by atoms with E-state index in [0.717, 1.165) is 11.1 Å². The lowest BCUT2D eigenvalue weighted by atomic mass is 10.2. The van der Waals surface area contributed by atoms with Crippen LogP contribution in [0.5, 0.6) is 5.75 Å². The molecule has 27 heavy (non-hydrogen) atoms. The third kappa shape index (κ3) is 3.71. The van der Waals surface area contributed by atoms with Gasteiger partial charge in [-0.15, -0.1) is 0 Å². The number of hydrogen-bond acceptors (Lipinski definition) is 4. The first kappa shape index (κ1) is 17.3. The first-order chi connectivity index (χ1) is 13.1. The monoisotopic (exact) mass is 378 g/mol. The minimum absolute atomic E-state index is 0.0889. The summed E-state index contributed by atoms with van der Waals surface area (Å²) < 4.78 is 32.8. The van der Waals surface area contributed by atoms with Crippen LogP contribution < -0.4 is 4.74 Å². The van der Waals surface area contributed by atoms with Crippen LogP contribution in [0.1, 0.15) is 11.1 Å². The second-order valence-electron chi connectivity index (χ2n) is 6.17. The molecule has 0 saturated carbocycles. The first-order valence-electron chi connectivity index (χ1n) is 8.53. The summed E-state index contributed by atoms with van der Waals surface area (Å²) in [6, 6.07) is 22.4. The fourth-order valence-electron chi connectivity index (χ4n) is 2.93. The zero-order valence-electron chi connectivity index (χ0n) is 14.5. The molecule has 0 aliphatic heterocycles. The highest BCUT2D eigenvalue weighted by Crippen LogP contribution is 2.27. The molecule has 4 aromatic rings. The topological polar surface area (TPSA) is 61.2 Å². The van der Waals surface area contributed by atoms with Gasteiger partial charge in [-0.25, -0.2) is 17.4 Å². The summed E-state index contributed by atoms with van der Waals surface area (Å²) in [4.78, 5) is 4.27. The van der Waals surface area contributed by atoms with Crippen molar-refractivity contribution in [3.05, 3.63) is 96.3 Å². The number of rotatable bonds is 6. The van der Waals surface area contributed by atoms with E-state index in [9.17, 15) is 8.42 Å². The first-order valence-corrected chi connectivity index (χ1v) is 10.1. The Morgan fingerprint density at radius 1 is 0.852 bits per heavy atom. The second-order valence-corrected chi connectivity index (χ2v) is 8.02. The SMILES string of the molecule is O=S(=O)(Cc1ccccc1)n1ccc2c(OCc3ccccc3)ccnc21. The molecule has 2 aromatic carbocycles. The van der Waals surface area contributed by atoms with Crippen LogP contribution in [-0.2, 0) is 22.4 Å². The molecule has 0 aliphatic carbocycles. The lowest BCUT2D eigenvalue weighted by Crippen LogP contribution is -2.14. The van der Waals surface area contributed by atoms with Gasteiger partial charge < -0.3 is 4.74 Å². The maximum absolute atomic E-state index is 12.8. The highest BCUT2D eigenvalue weighted by atomic mass is 32.2. The fourth-order valence-corrected chi connectivity index (χ4v) is 4.34. The maximum Gasteiger partial charge on any atom is 0.244 e. The van der Waals surface area contributed by atoms with E-state index in [1.807, 2.05) is 48.5 Å². The zero-order chi connectivity index (χ0) is 18.7. The van der Waals surface area contributed by atoms with Gasteiger partial charge in [-0.1, -0.05) is 60.7 Å². The maximum atomic E-state index is 12.8. The average Bonchev–Trinajstić information content (AvgIpc) is 3.13. The number of hydrogen-bond donors (Lipinski definition) is 0. The zero-order valence-corrected chi connectivity index (χ0v) is 15.3. The largest absolute Gasteiger partial charge is 0.488 e. The van der Waals surface area contributed by atoms with E-state index in [2.05, 4.69) is 4.98 Å². The van der Waals surface area contributed by atoms with Gasteiger partial charge >= 0.3 is 0 Å². The van der Waals surface area contributed by atoms with Gasteiger partial charge in [0.15, 0.2) is 5.65 Å². The van der Waals surface area contributed by atoms with Gasteiger partial charge in [-0.3, -0.25) is 0 Å². The summed E-state index contributed by atoms with van der Waals surface area (Å²) in [5.41, 5.74) is 2.14.